The number of aromatic nitrogens is 4. The topological polar surface area (TPSA) is 69.9 Å². The molecule has 0 spiro atoms. The SMILES string of the molecule is c1ccc(-c2cccc3c2c2ccccc2n3-c2nc(-c3cccc4c3oc3ccccc34)nc(-c3cc(-c4ccc(C56CC7CC(CC(C7)C5)C6)cc4)cc4c3oc3ccccc34)n2)cc1. The molecular formula is C61H44N4O2. The highest BCUT2D eigenvalue weighted by atomic mass is 16.3. The summed E-state index contributed by atoms with van der Waals surface area (Å²) in [6.45, 7) is 0. The van der Waals surface area contributed by atoms with E-state index in [-0.39, 0.29) is 0 Å². The molecule has 4 aromatic heterocycles. The van der Waals surface area contributed by atoms with Gasteiger partial charge in [-0.1, -0.05) is 133 Å². The molecule has 67 heavy (non-hydrogen) atoms. The first-order chi connectivity index (χ1) is 33.1. The lowest BCUT2D eigenvalue weighted by atomic mass is 9.48. The Labute approximate surface area is 386 Å². The first-order valence-corrected chi connectivity index (χ1v) is 23.9. The summed E-state index contributed by atoms with van der Waals surface area (Å²) < 4.78 is 15.7. The van der Waals surface area contributed by atoms with Gasteiger partial charge in [-0.25, -0.2) is 4.98 Å². The number of furan rings is 2. The predicted octanol–water partition coefficient (Wildman–Crippen LogP) is 15.9. The smallest absolute Gasteiger partial charge is 0.238 e. The summed E-state index contributed by atoms with van der Waals surface area (Å²) in [6.07, 6.45) is 8.37. The molecule has 0 saturated heterocycles. The zero-order chi connectivity index (χ0) is 43.8. The van der Waals surface area contributed by atoms with Crippen LogP contribution in [0.3, 0.4) is 0 Å². The van der Waals surface area contributed by atoms with Gasteiger partial charge >= 0.3 is 0 Å². The molecule has 6 heteroatoms. The summed E-state index contributed by atoms with van der Waals surface area (Å²) in [6, 6.07) is 62.6. The number of para-hydroxylation sites is 4. The Kier molecular flexibility index (Phi) is 7.86. The van der Waals surface area contributed by atoms with Crippen molar-refractivity contribution in [1.29, 1.82) is 0 Å². The monoisotopic (exact) mass is 864 g/mol. The second kappa shape index (κ2) is 14.1. The Morgan fingerprint density at radius 1 is 0.418 bits per heavy atom. The fourth-order valence-electron chi connectivity index (χ4n) is 13.4. The quantitative estimate of drug-likeness (QED) is 0.167. The molecule has 4 heterocycles. The van der Waals surface area contributed by atoms with E-state index in [2.05, 4.69) is 156 Å². The lowest BCUT2D eigenvalue weighted by Crippen LogP contribution is -2.48. The van der Waals surface area contributed by atoms with Gasteiger partial charge < -0.3 is 8.83 Å². The molecule has 0 unspecified atom stereocenters. The van der Waals surface area contributed by atoms with E-state index in [1.54, 1.807) is 0 Å². The molecule has 6 nitrogen and oxygen atoms in total. The molecule has 0 radical (unpaired) electrons. The summed E-state index contributed by atoms with van der Waals surface area (Å²) in [5.41, 5.74) is 13.2. The van der Waals surface area contributed by atoms with Crippen LogP contribution in [0.5, 0.6) is 0 Å². The maximum Gasteiger partial charge on any atom is 0.238 e. The maximum absolute atomic E-state index is 6.85. The van der Waals surface area contributed by atoms with E-state index in [4.69, 9.17) is 23.8 Å². The molecular weight excluding hydrogens is 821 g/mol. The number of rotatable bonds is 6. The van der Waals surface area contributed by atoms with Gasteiger partial charge in [-0.3, -0.25) is 4.57 Å². The van der Waals surface area contributed by atoms with Gasteiger partial charge in [0.1, 0.15) is 22.3 Å². The Balaban J connectivity index is 0.983. The third-order valence-electron chi connectivity index (χ3n) is 15.8. The van der Waals surface area contributed by atoms with Gasteiger partial charge in [0.2, 0.25) is 5.95 Å². The van der Waals surface area contributed by atoms with Crippen LogP contribution in [-0.2, 0) is 5.41 Å². The fourth-order valence-corrected chi connectivity index (χ4v) is 13.4. The Hall–Kier alpha value is -7.83. The molecule has 0 atom stereocenters. The Morgan fingerprint density at radius 2 is 0.985 bits per heavy atom. The molecule has 0 N–H and O–H groups in total. The van der Waals surface area contributed by atoms with Crippen molar-refractivity contribution >= 4 is 65.7 Å². The summed E-state index contributed by atoms with van der Waals surface area (Å²) in [5.74, 6) is 4.24. The molecule has 16 rings (SSSR count). The van der Waals surface area contributed by atoms with E-state index >= 15 is 0 Å². The highest BCUT2D eigenvalue weighted by molar-refractivity contribution is 6.16. The first-order valence-electron chi connectivity index (χ1n) is 23.9. The minimum absolute atomic E-state index is 0.332. The van der Waals surface area contributed by atoms with E-state index in [0.717, 1.165) is 111 Å². The second-order valence-corrected chi connectivity index (χ2v) is 19.8. The Morgan fingerprint density at radius 3 is 1.72 bits per heavy atom. The van der Waals surface area contributed by atoms with Crippen LogP contribution in [0, 0.1) is 17.8 Å². The van der Waals surface area contributed by atoms with Crippen LogP contribution in [0.15, 0.2) is 185 Å². The van der Waals surface area contributed by atoms with Gasteiger partial charge in [0.15, 0.2) is 11.6 Å². The zero-order valence-corrected chi connectivity index (χ0v) is 36.8. The fraction of sp³-hybridized carbons (Fsp3) is 0.164. The van der Waals surface area contributed by atoms with Crippen molar-refractivity contribution in [3.63, 3.8) is 0 Å². The van der Waals surface area contributed by atoms with Crippen molar-refractivity contribution < 1.29 is 8.83 Å². The normalized spacial score (nSPS) is 20.1. The van der Waals surface area contributed by atoms with Gasteiger partial charge in [0.25, 0.3) is 0 Å². The predicted molar refractivity (Wildman–Crippen MR) is 270 cm³/mol. The van der Waals surface area contributed by atoms with Crippen molar-refractivity contribution in [2.24, 2.45) is 17.8 Å². The zero-order valence-electron chi connectivity index (χ0n) is 36.8. The van der Waals surface area contributed by atoms with Gasteiger partial charge in [-0.05, 0) is 132 Å². The molecule has 320 valence electrons. The molecule has 12 aromatic rings. The minimum Gasteiger partial charge on any atom is -0.455 e. The van der Waals surface area contributed by atoms with Gasteiger partial charge in [-0.15, -0.1) is 0 Å². The summed E-state index contributed by atoms with van der Waals surface area (Å²) >= 11 is 0. The molecule has 4 fully saturated rings. The van der Waals surface area contributed by atoms with E-state index in [0.29, 0.717) is 23.0 Å². The average molecular weight is 865 g/mol. The largest absolute Gasteiger partial charge is 0.455 e. The van der Waals surface area contributed by atoms with Crippen molar-refractivity contribution in [1.82, 2.24) is 19.5 Å². The summed E-state index contributed by atoms with van der Waals surface area (Å²) in [4.78, 5) is 16.4. The van der Waals surface area contributed by atoms with Crippen molar-refractivity contribution in [2.75, 3.05) is 0 Å². The third-order valence-corrected chi connectivity index (χ3v) is 15.8. The number of benzene rings is 8. The van der Waals surface area contributed by atoms with E-state index in [1.165, 1.54) is 49.7 Å². The van der Waals surface area contributed by atoms with Gasteiger partial charge in [0, 0.05) is 32.3 Å². The van der Waals surface area contributed by atoms with Crippen LogP contribution in [0.4, 0.5) is 0 Å². The van der Waals surface area contributed by atoms with E-state index < -0.39 is 0 Å². The summed E-state index contributed by atoms with van der Waals surface area (Å²) in [7, 11) is 0. The van der Waals surface area contributed by atoms with E-state index in [1.807, 2.05) is 24.3 Å². The molecule has 0 aliphatic heterocycles. The number of hydrogen-bond acceptors (Lipinski definition) is 5. The van der Waals surface area contributed by atoms with Crippen LogP contribution in [0.25, 0.3) is 117 Å². The average Bonchev–Trinajstić information content (AvgIpc) is 4.06. The number of nitrogens with zero attached hydrogens (tertiary/aromatic N) is 4. The lowest BCUT2D eigenvalue weighted by molar-refractivity contribution is -0.00518. The third kappa shape index (κ3) is 5.65. The highest BCUT2D eigenvalue weighted by Crippen LogP contribution is 2.61. The standard InChI is InChI=1S/C61H44N4O2/c1-2-12-40(13-3-1)43-17-11-21-52-55(43)47-16-4-7-20-51(47)65(52)60-63-58(48-19-10-18-46-44-14-5-8-22-53(44)66-56(46)48)62-59(64-60)50-32-41(31-49-45-15-6-9-23-54(45)67-57(49)50)39-24-26-42(27-25-39)61-33-36-28-37(34-61)30-38(29-36)35-61/h1-27,31-32,36-38H,28-30,33-35H2. The molecule has 4 saturated carbocycles. The van der Waals surface area contributed by atoms with Crippen molar-refractivity contribution in [3.05, 3.63) is 181 Å². The van der Waals surface area contributed by atoms with Crippen LogP contribution < -0.4 is 0 Å². The maximum atomic E-state index is 6.85. The molecule has 4 aliphatic rings. The number of fused-ring (bicyclic) bond motifs is 9. The van der Waals surface area contributed by atoms with Crippen LogP contribution in [0.1, 0.15) is 44.1 Å². The van der Waals surface area contributed by atoms with E-state index in [9.17, 15) is 0 Å². The minimum atomic E-state index is 0.332. The summed E-state index contributed by atoms with van der Waals surface area (Å²) in [5, 5.41) is 6.42. The molecule has 4 bridgehead atoms. The highest BCUT2D eigenvalue weighted by Gasteiger charge is 2.51. The molecule has 4 aliphatic carbocycles. The van der Waals surface area contributed by atoms with Crippen LogP contribution in [-0.4, -0.2) is 19.5 Å². The van der Waals surface area contributed by atoms with Gasteiger partial charge in [0.05, 0.1) is 22.2 Å². The molecule has 0 amide bonds. The van der Waals surface area contributed by atoms with Crippen molar-refractivity contribution in [2.45, 2.75) is 43.9 Å². The second-order valence-electron chi connectivity index (χ2n) is 19.8. The lowest BCUT2D eigenvalue weighted by Gasteiger charge is -2.57. The Bertz CT molecular complexity index is 3930. The van der Waals surface area contributed by atoms with Crippen LogP contribution >= 0.6 is 0 Å². The first kappa shape index (κ1) is 37.4. The molecule has 8 aromatic carbocycles. The van der Waals surface area contributed by atoms with Crippen molar-refractivity contribution in [3.8, 4) is 51.0 Å². The number of hydrogen-bond donors (Lipinski definition) is 0. The van der Waals surface area contributed by atoms with Crippen LogP contribution in [0.2, 0.25) is 0 Å². The van der Waals surface area contributed by atoms with Gasteiger partial charge in [-0.2, -0.15) is 9.97 Å².